The number of aryl methyl sites for hydroxylation is 1. The van der Waals surface area contributed by atoms with Crippen LogP contribution in [0.25, 0.3) is 0 Å². The number of hydrogen-bond donors (Lipinski definition) is 2. The van der Waals surface area contributed by atoms with Gasteiger partial charge in [-0.2, -0.15) is 0 Å². The van der Waals surface area contributed by atoms with Crippen LogP contribution in [0.2, 0.25) is 0 Å². The first-order valence-electron chi connectivity index (χ1n) is 5.67. The fourth-order valence-corrected chi connectivity index (χ4v) is 2.24. The van der Waals surface area contributed by atoms with Gasteiger partial charge in [-0.1, -0.05) is 18.2 Å². The molecule has 0 saturated heterocycles. The predicted octanol–water partition coefficient (Wildman–Crippen LogP) is 3.59. The average Bonchev–Trinajstić information content (AvgIpc) is 2.47. The minimum Gasteiger partial charge on any atom is -0.457 e. The van der Waals surface area contributed by atoms with Gasteiger partial charge < -0.3 is 16.2 Å². The first kappa shape index (κ1) is 15.5. The first-order chi connectivity index (χ1) is 8.24. The lowest BCUT2D eigenvalue weighted by Crippen LogP contribution is -1.99. The summed E-state index contributed by atoms with van der Waals surface area (Å²) in [5.41, 5.74) is 15.4. The quantitative estimate of drug-likeness (QED) is 0.731. The summed E-state index contributed by atoms with van der Waals surface area (Å²) in [5.74, 6) is 1.68. The maximum atomic E-state index is 5.99. The summed E-state index contributed by atoms with van der Waals surface area (Å²) < 4.78 is 5.90. The van der Waals surface area contributed by atoms with Crippen molar-refractivity contribution in [2.75, 3.05) is 11.5 Å². The number of halogens is 2. The summed E-state index contributed by atoms with van der Waals surface area (Å²) >= 11 is 0. The van der Waals surface area contributed by atoms with Crippen molar-refractivity contribution >= 4 is 36.2 Å². The molecule has 5 heteroatoms. The van der Waals surface area contributed by atoms with E-state index in [4.69, 9.17) is 16.2 Å². The van der Waals surface area contributed by atoms with Gasteiger partial charge in [0.25, 0.3) is 0 Å². The molecule has 0 saturated carbocycles. The summed E-state index contributed by atoms with van der Waals surface area (Å²) in [4.78, 5) is 0. The second-order valence-electron chi connectivity index (χ2n) is 4.30. The van der Waals surface area contributed by atoms with E-state index >= 15 is 0 Å². The van der Waals surface area contributed by atoms with Gasteiger partial charge in [0.15, 0.2) is 0 Å². The number of hydrogen-bond acceptors (Lipinski definition) is 3. The molecule has 0 aromatic heterocycles. The van der Waals surface area contributed by atoms with Crippen LogP contribution in [0.1, 0.15) is 11.1 Å². The Kier molecular flexibility index (Phi) is 4.92. The number of fused-ring (bicyclic) bond motifs is 2. The zero-order valence-electron chi connectivity index (χ0n) is 10.3. The molecule has 0 aliphatic carbocycles. The van der Waals surface area contributed by atoms with Gasteiger partial charge in [-0.15, -0.1) is 24.8 Å². The Balaban J connectivity index is 0.000000902. The van der Waals surface area contributed by atoms with Crippen molar-refractivity contribution in [3.8, 4) is 11.5 Å². The molecule has 0 amide bonds. The molecule has 0 unspecified atom stereocenters. The Morgan fingerprint density at radius 3 is 2.42 bits per heavy atom. The lowest BCUT2D eigenvalue weighted by atomic mass is 10.0. The SMILES string of the molecule is Cl.Cl.Nc1cc(N)c2c(c1)Oc1ccccc1CC2. The maximum absolute atomic E-state index is 5.99. The minimum atomic E-state index is 0. The van der Waals surface area contributed by atoms with Crippen LogP contribution in [0.3, 0.4) is 0 Å². The minimum absolute atomic E-state index is 0. The van der Waals surface area contributed by atoms with Gasteiger partial charge >= 0.3 is 0 Å². The summed E-state index contributed by atoms with van der Waals surface area (Å²) in [6, 6.07) is 11.7. The second kappa shape index (κ2) is 6.04. The van der Waals surface area contributed by atoms with E-state index in [1.807, 2.05) is 24.3 Å². The molecule has 102 valence electrons. The van der Waals surface area contributed by atoms with Gasteiger partial charge in [-0.3, -0.25) is 0 Å². The second-order valence-corrected chi connectivity index (χ2v) is 4.30. The van der Waals surface area contributed by atoms with Crippen LogP contribution in [-0.4, -0.2) is 0 Å². The van der Waals surface area contributed by atoms with E-state index in [-0.39, 0.29) is 24.8 Å². The van der Waals surface area contributed by atoms with Crippen LogP contribution in [-0.2, 0) is 12.8 Å². The van der Waals surface area contributed by atoms with Gasteiger partial charge in [0.2, 0.25) is 0 Å². The van der Waals surface area contributed by atoms with Crippen LogP contribution in [0.4, 0.5) is 11.4 Å². The van der Waals surface area contributed by atoms with Gasteiger partial charge in [0.05, 0.1) is 0 Å². The highest BCUT2D eigenvalue weighted by Gasteiger charge is 2.16. The molecule has 0 bridgehead atoms. The molecule has 1 heterocycles. The van der Waals surface area contributed by atoms with E-state index < -0.39 is 0 Å². The normalized spacial score (nSPS) is 11.8. The molecule has 0 atom stereocenters. The van der Waals surface area contributed by atoms with E-state index in [0.29, 0.717) is 11.4 Å². The molecule has 3 rings (SSSR count). The molecule has 1 aliphatic rings. The van der Waals surface area contributed by atoms with Crippen molar-refractivity contribution in [2.45, 2.75) is 12.8 Å². The van der Waals surface area contributed by atoms with Crippen molar-refractivity contribution in [3.63, 3.8) is 0 Å². The first-order valence-corrected chi connectivity index (χ1v) is 5.67. The molecule has 19 heavy (non-hydrogen) atoms. The Bertz CT molecular complexity index is 588. The van der Waals surface area contributed by atoms with Crippen molar-refractivity contribution in [1.82, 2.24) is 0 Å². The van der Waals surface area contributed by atoms with Gasteiger partial charge in [0, 0.05) is 23.0 Å². The number of nitrogens with two attached hydrogens (primary N) is 2. The molecule has 2 aromatic rings. The molecule has 4 N–H and O–H groups in total. The molecule has 0 fully saturated rings. The maximum Gasteiger partial charge on any atom is 0.134 e. The predicted molar refractivity (Wildman–Crippen MR) is 83.7 cm³/mol. The Labute approximate surface area is 124 Å². The van der Waals surface area contributed by atoms with Crippen LogP contribution in [0, 0.1) is 0 Å². The highest BCUT2D eigenvalue weighted by Crippen LogP contribution is 2.37. The summed E-state index contributed by atoms with van der Waals surface area (Å²) in [5, 5.41) is 0. The van der Waals surface area contributed by atoms with E-state index in [9.17, 15) is 0 Å². The Morgan fingerprint density at radius 1 is 0.895 bits per heavy atom. The molecular weight excluding hydrogens is 283 g/mol. The zero-order valence-corrected chi connectivity index (χ0v) is 11.9. The fourth-order valence-electron chi connectivity index (χ4n) is 2.24. The molecular formula is C14H16Cl2N2O. The van der Waals surface area contributed by atoms with Crippen molar-refractivity contribution < 1.29 is 4.74 Å². The fraction of sp³-hybridized carbons (Fsp3) is 0.143. The number of rotatable bonds is 0. The largest absolute Gasteiger partial charge is 0.457 e. The summed E-state index contributed by atoms with van der Waals surface area (Å²) in [6.45, 7) is 0. The van der Waals surface area contributed by atoms with Gasteiger partial charge in [-0.05, 0) is 30.5 Å². The van der Waals surface area contributed by atoms with E-state index in [1.54, 1.807) is 6.07 Å². The Morgan fingerprint density at radius 2 is 1.63 bits per heavy atom. The number of para-hydroxylation sites is 1. The number of anilines is 2. The third kappa shape index (κ3) is 2.88. The molecule has 1 aliphatic heterocycles. The standard InChI is InChI=1S/C14H14N2O.2ClH/c15-10-7-12(16)11-6-5-9-3-1-2-4-13(9)17-14(11)8-10;;/h1-4,7-8H,5-6,15-16H2;2*1H. The smallest absolute Gasteiger partial charge is 0.134 e. The molecule has 2 aromatic carbocycles. The summed E-state index contributed by atoms with van der Waals surface area (Å²) in [7, 11) is 0. The van der Waals surface area contributed by atoms with E-state index in [2.05, 4.69) is 6.07 Å². The third-order valence-corrected chi connectivity index (χ3v) is 3.10. The van der Waals surface area contributed by atoms with E-state index in [0.717, 1.165) is 29.9 Å². The van der Waals surface area contributed by atoms with Gasteiger partial charge in [0.1, 0.15) is 11.5 Å². The molecule has 0 spiro atoms. The topological polar surface area (TPSA) is 61.3 Å². The van der Waals surface area contributed by atoms with Crippen LogP contribution in [0.15, 0.2) is 36.4 Å². The average molecular weight is 299 g/mol. The van der Waals surface area contributed by atoms with Crippen molar-refractivity contribution in [3.05, 3.63) is 47.5 Å². The molecule has 3 nitrogen and oxygen atoms in total. The van der Waals surface area contributed by atoms with Crippen LogP contribution < -0.4 is 16.2 Å². The highest BCUT2D eigenvalue weighted by molar-refractivity contribution is 5.85. The number of benzene rings is 2. The van der Waals surface area contributed by atoms with Crippen LogP contribution in [0.5, 0.6) is 11.5 Å². The van der Waals surface area contributed by atoms with Crippen LogP contribution >= 0.6 is 24.8 Å². The molecule has 0 radical (unpaired) electrons. The third-order valence-electron chi connectivity index (χ3n) is 3.10. The lowest BCUT2D eigenvalue weighted by Gasteiger charge is -2.11. The summed E-state index contributed by atoms with van der Waals surface area (Å²) in [6.07, 6.45) is 1.83. The van der Waals surface area contributed by atoms with Crippen molar-refractivity contribution in [2.24, 2.45) is 0 Å². The Hall–Kier alpha value is -1.58. The van der Waals surface area contributed by atoms with E-state index in [1.165, 1.54) is 5.56 Å². The van der Waals surface area contributed by atoms with Crippen molar-refractivity contribution in [1.29, 1.82) is 0 Å². The number of nitrogen functional groups attached to an aromatic ring is 2. The highest BCUT2D eigenvalue weighted by atomic mass is 35.5. The zero-order chi connectivity index (χ0) is 11.8. The van der Waals surface area contributed by atoms with Gasteiger partial charge in [-0.25, -0.2) is 0 Å². The number of ether oxygens (including phenoxy) is 1. The monoisotopic (exact) mass is 298 g/mol. The lowest BCUT2D eigenvalue weighted by molar-refractivity contribution is 0.480.